The molecule has 1 aliphatic rings. The van der Waals surface area contributed by atoms with Gasteiger partial charge in [0.05, 0.1) is 0 Å². The number of benzene rings is 3. The fourth-order valence-corrected chi connectivity index (χ4v) is 3.67. The fraction of sp³-hybridized carbons (Fsp3) is 0.130. The Bertz CT molecular complexity index is 917. The van der Waals surface area contributed by atoms with Crippen LogP contribution < -0.4 is 5.32 Å². The van der Waals surface area contributed by atoms with E-state index >= 15 is 0 Å². The summed E-state index contributed by atoms with van der Waals surface area (Å²) in [5, 5.41) is 3.51. The smallest absolute Gasteiger partial charge is 0.0390 e. The van der Waals surface area contributed by atoms with Crippen LogP contribution in [-0.2, 0) is 5.41 Å². The first kappa shape index (κ1) is 14.8. The Kier molecular flexibility index (Phi) is 3.31. The minimum atomic E-state index is 0.0655. The van der Waals surface area contributed by atoms with E-state index in [-0.39, 0.29) is 5.41 Å². The van der Waals surface area contributed by atoms with E-state index in [1.54, 1.807) is 0 Å². The summed E-state index contributed by atoms with van der Waals surface area (Å²) in [5.41, 5.74) is 8.90. The molecular weight excluding hydrogens is 290 g/mol. The molecule has 0 fully saturated rings. The number of rotatable bonds is 3. The molecule has 0 bridgehead atoms. The maximum atomic E-state index is 3.80. The molecule has 0 heterocycles. The first-order valence-corrected chi connectivity index (χ1v) is 8.33. The second kappa shape index (κ2) is 5.38. The van der Waals surface area contributed by atoms with Crippen molar-refractivity contribution >= 4 is 17.5 Å². The van der Waals surface area contributed by atoms with E-state index in [1.165, 1.54) is 22.3 Å². The van der Waals surface area contributed by atoms with Crippen LogP contribution in [0.25, 0.3) is 17.2 Å². The summed E-state index contributed by atoms with van der Waals surface area (Å²) in [5.74, 6) is 0. The van der Waals surface area contributed by atoms with E-state index in [0.29, 0.717) is 0 Å². The lowest BCUT2D eigenvalue weighted by atomic mass is 9.82. The molecule has 0 spiro atoms. The second-order valence-electron chi connectivity index (χ2n) is 6.88. The number of hydrogen-bond donors (Lipinski definition) is 1. The van der Waals surface area contributed by atoms with Crippen molar-refractivity contribution in [2.75, 3.05) is 5.32 Å². The number of fused-ring (bicyclic) bond motifs is 3. The first-order valence-electron chi connectivity index (χ1n) is 8.33. The maximum absolute atomic E-state index is 3.80. The van der Waals surface area contributed by atoms with E-state index < -0.39 is 0 Å². The van der Waals surface area contributed by atoms with Gasteiger partial charge in [-0.3, -0.25) is 0 Å². The molecular formula is C23H21N. The van der Waals surface area contributed by atoms with Crippen LogP contribution in [0, 0.1) is 0 Å². The van der Waals surface area contributed by atoms with Gasteiger partial charge in [-0.15, -0.1) is 0 Å². The molecule has 0 radical (unpaired) electrons. The minimum absolute atomic E-state index is 0.0655. The SMILES string of the molecule is C=Cc1ccc(Nc2ccc3c(c2)-c2ccccc2C3(C)C)cc1. The lowest BCUT2D eigenvalue weighted by Crippen LogP contribution is -2.14. The average Bonchev–Trinajstić information content (AvgIpc) is 2.84. The van der Waals surface area contributed by atoms with E-state index in [4.69, 9.17) is 0 Å². The van der Waals surface area contributed by atoms with Crippen molar-refractivity contribution in [1.29, 1.82) is 0 Å². The Morgan fingerprint density at radius 2 is 1.46 bits per heavy atom. The molecule has 0 saturated carbocycles. The molecule has 0 amide bonds. The summed E-state index contributed by atoms with van der Waals surface area (Å²) in [6, 6.07) is 23.7. The van der Waals surface area contributed by atoms with E-state index in [2.05, 4.69) is 92.5 Å². The normalized spacial score (nSPS) is 13.9. The lowest BCUT2D eigenvalue weighted by Gasteiger charge is -2.21. The van der Waals surface area contributed by atoms with Crippen molar-refractivity contribution < 1.29 is 0 Å². The largest absolute Gasteiger partial charge is 0.356 e. The molecule has 4 rings (SSSR count). The highest BCUT2D eigenvalue weighted by Crippen LogP contribution is 2.49. The van der Waals surface area contributed by atoms with Gasteiger partial charge >= 0.3 is 0 Å². The molecule has 0 atom stereocenters. The van der Waals surface area contributed by atoms with Crippen molar-refractivity contribution in [2.45, 2.75) is 19.3 Å². The van der Waals surface area contributed by atoms with Gasteiger partial charge in [-0.1, -0.05) is 69.0 Å². The van der Waals surface area contributed by atoms with Crippen LogP contribution in [0.15, 0.2) is 73.3 Å². The molecule has 3 aromatic carbocycles. The van der Waals surface area contributed by atoms with Gasteiger partial charge in [0.15, 0.2) is 0 Å². The summed E-state index contributed by atoms with van der Waals surface area (Å²) in [4.78, 5) is 0. The van der Waals surface area contributed by atoms with Crippen LogP contribution in [0.5, 0.6) is 0 Å². The Morgan fingerprint density at radius 3 is 2.21 bits per heavy atom. The zero-order valence-electron chi connectivity index (χ0n) is 14.1. The molecule has 24 heavy (non-hydrogen) atoms. The molecule has 0 aromatic heterocycles. The number of hydrogen-bond acceptors (Lipinski definition) is 1. The zero-order chi connectivity index (χ0) is 16.7. The van der Waals surface area contributed by atoms with Gasteiger partial charge in [-0.25, -0.2) is 0 Å². The van der Waals surface area contributed by atoms with Gasteiger partial charge < -0.3 is 5.32 Å². The Labute approximate surface area is 143 Å². The molecule has 1 nitrogen and oxygen atoms in total. The number of anilines is 2. The van der Waals surface area contributed by atoms with Crippen LogP contribution in [0.3, 0.4) is 0 Å². The minimum Gasteiger partial charge on any atom is -0.356 e. The highest BCUT2D eigenvalue weighted by Gasteiger charge is 2.34. The molecule has 1 N–H and O–H groups in total. The standard InChI is InChI=1S/C23H21N/c1-4-16-9-11-17(12-10-16)24-18-13-14-22-20(15-18)19-7-5-6-8-21(19)23(22,2)3/h4-15,24H,1H2,2-3H3. The molecule has 1 heteroatoms. The van der Waals surface area contributed by atoms with Crippen molar-refractivity contribution in [3.63, 3.8) is 0 Å². The zero-order valence-corrected chi connectivity index (χ0v) is 14.1. The predicted molar refractivity (Wildman–Crippen MR) is 104 cm³/mol. The molecule has 118 valence electrons. The van der Waals surface area contributed by atoms with Gasteiger partial charge in [0.1, 0.15) is 0 Å². The predicted octanol–water partition coefficient (Wildman–Crippen LogP) is 6.38. The topological polar surface area (TPSA) is 12.0 Å². The summed E-state index contributed by atoms with van der Waals surface area (Å²) in [6.07, 6.45) is 1.86. The van der Waals surface area contributed by atoms with Crippen molar-refractivity contribution in [2.24, 2.45) is 0 Å². The molecule has 0 saturated heterocycles. The summed E-state index contributed by atoms with van der Waals surface area (Å²) >= 11 is 0. The average molecular weight is 311 g/mol. The maximum Gasteiger partial charge on any atom is 0.0390 e. The summed E-state index contributed by atoms with van der Waals surface area (Å²) in [6.45, 7) is 8.41. The second-order valence-corrected chi connectivity index (χ2v) is 6.88. The van der Waals surface area contributed by atoms with Gasteiger partial charge in [0.25, 0.3) is 0 Å². The van der Waals surface area contributed by atoms with E-state index in [9.17, 15) is 0 Å². The first-order chi connectivity index (χ1) is 11.6. The molecule has 3 aromatic rings. The third kappa shape index (κ3) is 2.25. The van der Waals surface area contributed by atoms with Crippen LogP contribution in [0.4, 0.5) is 11.4 Å². The van der Waals surface area contributed by atoms with Crippen LogP contribution in [0.1, 0.15) is 30.5 Å². The van der Waals surface area contributed by atoms with Gasteiger partial charge in [-0.2, -0.15) is 0 Å². The Hall–Kier alpha value is -2.80. The fourth-order valence-electron chi connectivity index (χ4n) is 3.67. The molecule has 1 aliphatic carbocycles. The van der Waals surface area contributed by atoms with Crippen molar-refractivity contribution in [3.8, 4) is 11.1 Å². The van der Waals surface area contributed by atoms with Gasteiger partial charge in [0, 0.05) is 16.8 Å². The number of nitrogens with one attached hydrogen (secondary N) is 1. The van der Waals surface area contributed by atoms with Crippen LogP contribution in [-0.4, -0.2) is 0 Å². The third-order valence-electron chi connectivity index (χ3n) is 5.02. The summed E-state index contributed by atoms with van der Waals surface area (Å²) in [7, 11) is 0. The van der Waals surface area contributed by atoms with Crippen molar-refractivity contribution in [3.05, 3.63) is 90.0 Å². The quantitative estimate of drug-likeness (QED) is 0.592. The van der Waals surface area contributed by atoms with Crippen LogP contribution in [0.2, 0.25) is 0 Å². The Balaban J connectivity index is 1.73. The van der Waals surface area contributed by atoms with E-state index in [0.717, 1.165) is 16.9 Å². The van der Waals surface area contributed by atoms with Gasteiger partial charge in [0.2, 0.25) is 0 Å². The molecule has 0 unspecified atom stereocenters. The highest BCUT2D eigenvalue weighted by atomic mass is 14.9. The highest BCUT2D eigenvalue weighted by molar-refractivity contribution is 5.83. The van der Waals surface area contributed by atoms with E-state index in [1.807, 2.05) is 6.08 Å². The monoisotopic (exact) mass is 311 g/mol. The third-order valence-corrected chi connectivity index (χ3v) is 5.02. The molecule has 0 aliphatic heterocycles. The van der Waals surface area contributed by atoms with Crippen molar-refractivity contribution in [1.82, 2.24) is 0 Å². The lowest BCUT2D eigenvalue weighted by molar-refractivity contribution is 0.660. The van der Waals surface area contributed by atoms with Crippen LogP contribution >= 0.6 is 0 Å². The van der Waals surface area contributed by atoms with Gasteiger partial charge in [-0.05, 0) is 52.1 Å². The summed E-state index contributed by atoms with van der Waals surface area (Å²) < 4.78 is 0. The Morgan fingerprint density at radius 1 is 0.792 bits per heavy atom.